The number of thiazole rings is 1. The molecule has 3 rings (SSSR count). The normalized spacial score (nSPS) is 17.3. The summed E-state index contributed by atoms with van der Waals surface area (Å²) in [6.07, 6.45) is 1.86. The first-order valence-corrected chi connectivity index (χ1v) is 8.47. The van der Waals surface area contributed by atoms with E-state index in [1.165, 1.54) is 11.3 Å². The molecular weight excluding hydrogens is 282 g/mol. The molecule has 0 aliphatic carbocycles. The lowest BCUT2D eigenvalue weighted by atomic mass is 10.3. The molecule has 0 atom stereocenters. The van der Waals surface area contributed by atoms with E-state index in [0.29, 0.717) is 30.0 Å². The minimum absolute atomic E-state index is 0.308. The molecule has 7 heteroatoms. The van der Waals surface area contributed by atoms with Gasteiger partial charge < -0.3 is 5.73 Å². The minimum atomic E-state index is -3.42. The Morgan fingerprint density at radius 2 is 2.05 bits per heavy atom. The Hall–Kier alpha value is -1.02. The zero-order valence-corrected chi connectivity index (χ0v) is 12.0. The average molecular weight is 297 g/mol. The van der Waals surface area contributed by atoms with Crippen molar-refractivity contribution in [2.75, 3.05) is 13.1 Å². The number of fused-ring (bicyclic) bond motifs is 1. The molecule has 1 fully saturated rings. The molecule has 2 N–H and O–H groups in total. The largest absolute Gasteiger partial charge is 0.325 e. The minimum Gasteiger partial charge on any atom is -0.325 e. The average Bonchev–Trinajstić information content (AvgIpc) is 3.06. The van der Waals surface area contributed by atoms with E-state index in [4.69, 9.17) is 5.73 Å². The van der Waals surface area contributed by atoms with Crippen LogP contribution in [0.25, 0.3) is 10.2 Å². The second-order valence-electron chi connectivity index (χ2n) is 4.53. The summed E-state index contributed by atoms with van der Waals surface area (Å²) in [6, 6.07) is 5.29. The number of sulfonamides is 1. The lowest BCUT2D eigenvalue weighted by Gasteiger charge is -2.15. The lowest BCUT2D eigenvalue weighted by Crippen LogP contribution is -2.28. The van der Waals surface area contributed by atoms with E-state index in [9.17, 15) is 8.42 Å². The maximum Gasteiger partial charge on any atom is 0.245 e. The Kier molecular flexibility index (Phi) is 3.30. The number of hydrogen-bond donors (Lipinski definition) is 1. The van der Waals surface area contributed by atoms with Crippen LogP contribution < -0.4 is 5.73 Å². The predicted octanol–water partition coefficient (Wildman–Crippen LogP) is 1.54. The summed E-state index contributed by atoms with van der Waals surface area (Å²) in [5.74, 6) is 0. The molecule has 2 aromatic rings. The third kappa shape index (κ3) is 2.16. The van der Waals surface area contributed by atoms with Gasteiger partial charge in [0.1, 0.15) is 15.4 Å². The number of aromatic nitrogens is 1. The highest BCUT2D eigenvalue weighted by Gasteiger charge is 2.29. The van der Waals surface area contributed by atoms with Crippen molar-refractivity contribution in [3.05, 3.63) is 23.2 Å². The number of para-hydroxylation sites is 1. The summed E-state index contributed by atoms with van der Waals surface area (Å²) < 4.78 is 27.6. The Morgan fingerprint density at radius 3 is 2.74 bits per heavy atom. The molecule has 19 heavy (non-hydrogen) atoms. The first-order chi connectivity index (χ1) is 9.13. The van der Waals surface area contributed by atoms with Crippen molar-refractivity contribution < 1.29 is 8.42 Å². The number of nitrogens with zero attached hydrogens (tertiary/aromatic N) is 2. The molecule has 0 amide bonds. The van der Waals surface area contributed by atoms with Crippen molar-refractivity contribution in [1.82, 2.24) is 9.29 Å². The summed E-state index contributed by atoms with van der Waals surface area (Å²) in [5, 5.41) is 0.763. The van der Waals surface area contributed by atoms with Crippen LogP contribution in [-0.2, 0) is 16.6 Å². The summed E-state index contributed by atoms with van der Waals surface area (Å²) >= 11 is 1.45. The van der Waals surface area contributed by atoms with E-state index in [1.54, 1.807) is 16.4 Å². The molecule has 0 bridgehead atoms. The van der Waals surface area contributed by atoms with Crippen molar-refractivity contribution in [3.63, 3.8) is 0 Å². The van der Waals surface area contributed by atoms with Crippen LogP contribution in [0.1, 0.15) is 17.8 Å². The number of rotatable bonds is 3. The number of nitrogens with two attached hydrogens (primary N) is 1. The van der Waals surface area contributed by atoms with E-state index in [1.807, 2.05) is 6.07 Å². The molecule has 0 saturated carbocycles. The van der Waals surface area contributed by atoms with Gasteiger partial charge in [-0.3, -0.25) is 0 Å². The molecule has 0 radical (unpaired) electrons. The van der Waals surface area contributed by atoms with Crippen LogP contribution in [0.5, 0.6) is 0 Å². The highest BCUT2D eigenvalue weighted by molar-refractivity contribution is 7.89. The summed E-state index contributed by atoms with van der Waals surface area (Å²) in [4.78, 5) is 4.66. The van der Waals surface area contributed by atoms with E-state index in [2.05, 4.69) is 4.98 Å². The van der Waals surface area contributed by atoms with E-state index in [0.717, 1.165) is 22.5 Å². The van der Waals surface area contributed by atoms with Crippen LogP contribution in [0.4, 0.5) is 0 Å². The highest BCUT2D eigenvalue weighted by atomic mass is 32.2. The quantitative estimate of drug-likeness (QED) is 0.932. The molecule has 0 spiro atoms. The van der Waals surface area contributed by atoms with Crippen molar-refractivity contribution in [3.8, 4) is 0 Å². The third-order valence-electron chi connectivity index (χ3n) is 3.28. The second-order valence-corrected chi connectivity index (χ2v) is 7.55. The van der Waals surface area contributed by atoms with Crippen LogP contribution in [0, 0.1) is 0 Å². The van der Waals surface area contributed by atoms with E-state index in [-0.39, 0.29) is 0 Å². The summed E-state index contributed by atoms with van der Waals surface area (Å²) in [5.41, 5.74) is 6.14. The zero-order chi connectivity index (χ0) is 13.5. The van der Waals surface area contributed by atoms with Gasteiger partial charge in [0.05, 0.1) is 4.70 Å². The number of benzene rings is 1. The summed E-state index contributed by atoms with van der Waals surface area (Å²) in [6.45, 7) is 1.54. The van der Waals surface area contributed by atoms with Gasteiger partial charge in [-0.1, -0.05) is 6.07 Å². The standard InChI is InChI=1S/C12H15N3O2S2/c13-8-11-14-12-9(18-11)4-3-5-10(12)19(16,17)15-6-1-2-7-15/h3-5H,1-2,6-8,13H2. The fourth-order valence-electron chi connectivity index (χ4n) is 2.33. The van der Waals surface area contributed by atoms with E-state index < -0.39 is 10.0 Å². The molecule has 102 valence electrons. The molecule has 1 aromatic heterocycles. The molecule has 1 aromatic carbocycles. The van der Waals surface area contributed by atoms with Crippen molar-refractivity contribution in [2.45, 2.75) is 24.3 Å². The molecule has 1 aliphatic heterocycles. The molecule has 0 unspecified atom stereocenters. The van der Waals surface area contributed by atoms with E-state index >= 15 is 0 Å². The fraction of sp³-hybridized carbons (Fsp3) is 0.417. The Morgan fingerprint density at radius 1 is 1.32 bits per heavy atom. The van der Waals surface area contributed by atoms with Crippen LogP contribution in [0.3, 0.4) is 0 Å². The SMILES string of the molecule is NCc1nc2c(S(=O)(=O)N3CCCC3)cccc2s1. The van der Waals surface area contributed by atoms with Gasteiger partial charge in [-0.2, -0.15) is 4.31 Å². The van der Waals surface area contributed by atoms with Crippen molar-refractivity contribution in [2.24, 2.45) is 5.73 Å². The molecule has 1 aliphatic rings. The van der Waals surface area contributed by atoms with Gasteiger partial charge in [0.15, 0.2) is 0 Å². The van der Waals surface area contributed by atoms with Crippen molar-refractivity contribution in [1.29, 1.82) is 0 Å². The van der Waals surface area contributed by atoms with Crippen LogP contribution in [0.15, 0.2) is 23.1 Å². The third-order valence-corrected chi connectivity index (χ3v) is 6.26. The van der Waals surface area contributed by atoms with Gasteiger partial charge in [0.2, 0.25) is 10.0 Å². The zero-order valence-electron chi connectivity index (χ0n) is 10.4. The lowest BCUT2D eigenvalue weighted by molar-refractivity contribution is 0.478. The van der Waals surface area contributed by atoms with Gasteiger partial charge >= 0.3 is 0 Å². The molecule has 1 saturated heterocycles. The second kappa shape index (κ2) is 4.82. The van der Waals surface area contributed by atoms with Gasteiger partial charge in [-0.15, -0.1) is 11.3 Å². The molecular formula is C12H15N3O2S2. The van der Waals surface area contributed by atoms with Crippen molar-refractivity contribution >= 4 is 31.6 Å². The Bertz CT molecular complexity index is 703. The first kappa shape index (κ1) is 13.0. The van der Waals surface area contributed by atoms with Crippen LogP contribution in [0.2, 0.25) is 0 Å². The Balaban J connectivity index is 2.16. The monoisotopic (exact) mass is 297 g/mol. The van der Waals surface area contributed by atoms with Gasteiger partial charge in [-0.05, 0) is 25.0 Å². The highest BCUT2D eigenvalue weighted by Crippen LogP contribution is 2.30. The smallest absolute Gasteiger partial charge is 0.245 e. The van der Waals surface area contributed by atoms with Gasteiger partial charge in [-0.25, -0.2) is 13.4 Å². The maximum atomic E-state index is 12.6. The first-order valence-electron chi connectivity index (χ1n) is 6.21. The summed E-state index contributed by atoms with van der Waals surface area (Å²) in [7, 11) is -3.42. The topological polar surface area (TPSA) is 76.3 Å². The predicted molar refractivity (Wildman–Crippen MR) is 75.5 cm³/mol. The van der Waals surface area contributed by atoms with Gasteiger partial charge in [0.25, 0.3) is 0 Å². The fourth-order valence-corrected chi connectivity index (χ4v) is 4.94. The Labute approximate surface area is 116 Å². The van der Waals surface area contributed by atoms with Crippen LogP contribution in [-0.4, -0.2) is 30.8 Å². The molecule has 2 heterocycles. The van der Waals surface area contributed by atoms with Gasteiger partial charge in [0, 0.05) is 19.6 Å². The number of hydrogen-bond acceptors (Lipinski definition) is 5. The van der Waals surface area contributed by atoms with Crippen LogP contribution >= 0.6 is 11.3 Å². The molecule has 5 nitrogen and oxygen atoms in total. The maximum absolute atomic E-state index is 12.6.